The maximum absolute atomic E-state index is 11.1. The van der Waals surface area contributed by atoms with Gasteiger partial charge in [0.25, 0.3) is 0 Å². The van der Waals surface area contributed by atoms with Gasteiger partial charge < -0.3 is 11.1 Å². The summed E-state index contributed by atoms with van der Waals surface area (Å²) >= 11 is 0. The summed E-state index contributed by atoms with van der Waals surface area (Å²) < 4.78 is 24.7. The fourth-order valence-corrected chi connectivity index (χ4v) is 2.18. The van der Waals surface area contributed by atoms with Gasteiger partial charge in [-0.2, -0.15) is 0 Å². The molecule has 0 aromatic heterocycles. The smallest absolute Gasteiger partial charge is 0.209 e. The van der Waals surface area contributed by atoms with E-state index in [1.165, 1.54) is 0 Å². The first-order chi connectivity index (χ1) is 7.52. The number of rotatable bonds is 6. The van der Waals surface area contributed by atoms with Gasteiger partial charge in [-0.05, 0) is 20.8 Å². The number of nitrogens with zero attached hydrogens (tertiary/aromatic N) is 1. The molecule has 6 nitrogen and oxygen atoms in total. The molecular formula is C10H23IN4O2S. The minimum atomic E-state index is -3.25. The molecule has 4 N–H and O–H groups in total. The normalized spacial score (nSPS) is 12.8. The lowest BCUT2D eigenvalue weighted by Gasteiger charge is -2.22. The molecule has 0 radical (unpaired) electrons. The van der Waals surface area contributed by atoms with Gasteiger partial charge >= 0.3 is 0 Å². The summed E-state index contributed by atoms with van der Waals surface area (Å²) in [5.41, 5.74) is 5.89. The molecule has 0 rings (SSSR count). The van der Waals surface area contributed by atoms with Crippen LogP contribution in [0.2, 0.25) is 0 Å². The standard InChI is InChI=1S/C10H22N4O2S.HI/c1-8(2)6-12-9(11)13-7-10(3,4)14-17(5,15)16;/h14H,1,6-7H2,2-5H3,(H3,11,12,13);1H. The molecule has 0 bridgehead atoms. The zero-order chi connectivity index (χ0) is 13.7. The van der Waals surface area contributed by atoms with Crippen LogP contribution < -0.4 is 15.8 Å². The van der Waals surface area contributed by atoms with Crippen LogP contribution >= 0.6 is 24.0 Å². The number of guanidine groups is 1. The Morgan fingerprint density at radius 3 is 2.33 bits per heavy atom. The molecule has 0 heterocycles. The van der Waals surface area contributed by atoms with Gasteiger partial charge in [0.2, 0.25) is 10.0 Å². The van der Waals surface area contributed by atoms with E-state index in [0.717, 1.165) is 11.8 Å². The van der Waals surface area contributed by atoms with Crippen LogP contribution in [0.3, 0.4) is 0 Å². The van der Waals surface area contributed by atoms with Crippen LogP contribution in [0.5, 0.6) is 0 Å². The van der Waals surface area contributed by atoms with Gasteiger partial charge in [0.15, 0.2) is 5.96 Å². The van der Waals surface area contributed by atoms with E-state index in [-0.39, 0.29) is 36.5 Å². The molecule has 0 unspecified atom stereocenters. The Morgan fingerprint density at radius 1 is 1.44 bits per heavy atom. The van der Waals surface area contributed by atoms with E-state index in [9.17, 15) is 8.42 Å². The maximum atomic E-state index is 11.1. The van der Waals surface area contributed by atoms with Crippen molar-refractivity contribution in [2.75, 3.05) is 19.3 Å². The quantitative estimate of drug-likeness (QED) is 0.265. The van der Waals surface area contributed by atoms with Gasteiger partial charge in [-0.3, -0.25) is 4.99 Å². The number of hydrogen-bond donors (Lipinski definition) is 3. The van der Waals surface area contributed by atoms with Crippen LogP contribution in [0.15, 0.2) is 17.1 Å². The fraction of sp³-hybridized carbons (Fsp3) is 0.700. The third-order valence-electron chi connectivity index (χ3n) is 1.68. The third kappa shape index (κ3) is 12.1. The fourth-order valence-electron chi connectivity index (χ4n) is 1.11. The molecule has 0 aliphatic carbocycles. The maximum Gasteiger partial charge on any atom is 0.209 e. The van der Waals surface area contributed by atoms with Gasteiger partial charge in [-0.15, -0.1) is 24.0 Å². The molecule has 0 saturated heterocycles. The number of hydrogen-bond acceptors (Lipinski definition) is 3. The lowest BCUT2D eigenvalue weighted by atomic mass is 10.1. The predicted octanol–water partition coefficient (Wildman–Crippen LogP) is 0.413. The third-order valence-corrected chi connectivity index (χ3v) is 2.60. The van der Waals surface area contributed by atoms with Gasteiger partial charge in [0.1, 0.15) is 0 Å². The zero-order valence-corrected chi connectivity index (χ0v) is 14.4. The SMILES string of the molecule is C=C(C)CNC(N)=NCC(C)(C)NS(C)(=O)=O.I. The van der Waals surface area contributed by atoms with Crippen molar-refractivity contribution in [1.82, 2.24) is 10.0 Å². The number of aliphatic imine (C=N–C) groups is 1. The minimum Gasteiger partial charge on any atom is -0.370 e. The molecule has 0 aromatic carbocycles. The van der Waals surface area contributed by atoms with E-state index in [4.69, 9.17) is 5.73 Å². The average molecular weight is 390 g/mol. The average Bonchev–Trinajstić information content (AvgIpc) is 2.07. The first-order valence-corrected chi connectivity index (χ1v) is 7.08. The van der Waals surface area contributed by atoms with E-state index in [1.807, 2.05) is 6.92 Å². The molecule has 108 valence electrons. The Labute approximate surface area is 127 Å². The molecule has 0 spiro atoms. The van der Waals surface area contributed by atoms with Crippen molar-refractivity contribution in [1.29, 1.82) is 0 Å². The van der Waals surface area contributed by atoms with Crippen LogP contribution in [0.1, 0.15) is 20.8 Å². The van der Waals surface area contributed by atoms with Gasteiger partial charge in [0, 0.05) is 12.1 Å². The van der Waals surface area contributed by atoms with Crippen molar-refractivity contribution in [2.24, 2.45) is 10.7 Å². The molecule has 0 fully saturated rings. The van der Waals surface area contributed by atoms with E-state index in [1.54, 1.807) is 13.8 Å². The monoisotopic (exact) mass is 390 g/mol. The van der Waals surface area contributed by atoms with Crippen molar-refractivity contribution in [3.05, 3.63) is 12.2 Å². The lowest BCUT2D eigenvalue weighted by Crippen LogP contribution is -2.46. The lowest BCUT2D eigenvalue weighted by molar-refractivity contribution is 0.465. The Morgan fingerprint density at radius 2 is 1.94 bits per heavy atom. The topological polar surface area (TPSA) is 96.6 Å². The molecule has 8 heteroatoms. The molecule has 0 saturated carbocycles. The van der Waals surface area contributed by atoms with E-state index < -0.39 is 15.6 Å². The minimum absolute atomic E-state index is 0. The first-order valence-electron chi connectivity index (χ1n) is 5.19. The second kappa shape index (κ2) is 7.95. The zero-order valence-electron chi connectivity index (χ0n) is 11.3. The Balaban J connectivity index is 0. The molecule has 0 aromatic rings. The molecule has 0 aliphatic heterocycles. The van der Waals surface area contributed by atoms with E-state index in [0.29, 0.717) is 6.54 Å². The number of nitrogens with one attached hydrogen (secondary N) is 2. The van der Waals surface area contributed by atoms with Crippen LogP contribution in [0.25, 0.3) is 0 Å². The Kier molecular flexibility index (Phi) is 8.82. The van der Waals surface area contributed by atoms with Crippen LogP contribution in [-0.4, -0.2) is 39.3 Å². The predicted molar refractivity (Wildman–Crippen MR) is 86.8 cm³/mol. The second-order valence-electron chi connectivity index (χ2n) is 4.77. The first kappa shape index (κ1) is 20.0. The highest BCUT2D eigenvalue weighted by Crippen LogP contribution is 2.03. The van der Waals surface area contributed by atoms with Crippen molar-refractivity contribution in [3.8, 4) is 0 Å². The van der Waals surface area contributed by atoms with Gasteiger partial charge in [0.05, 0.1) is 12.8 Å². The molecule has 0 amide bonds. The summed E-state index contributed by atoms with van der Waals surface area (Å²) in [6.45, 7) is 9.88. The molecule has 18 heavy (non-hydrogen) atoms. The van der Waals surface area contributed by atoms with E-state index >= 15 is 0 Å². The number of sulfonamides is 1. The number of nitrogens with two attached hydrogens (primary N) is 1. The molecule has 0 atom stereocenters. The molecular weight excluding hydrogens is 367 g/mol. The Bertz CT molecular complexity index is 404. The summed E-state index contributed by atoms with van der Waals surface area (Å²) in [5, 5.41) is 2.87. The van der Waals surface area contributed by atoms with Gasteiger partial charge in [-0.25, -0.2) is 13.1 Å². The van der Waals surface area contributed by atoms with Gasteiger partial charge in [-0.1, -0.05) is 12.2 Å². The highest BCUT2D eigenvalue weighted by Gasteiger charge is 2.21. The number of halogens is 1. The van der Waals surface area contributed by atoms with E-state index in [2.05, 4.69) is 21.6 Å². The summed E-state index contributed by atoms with van der Waals surface area (Å²) in [6.07, 6.45) is 1.11. The second-order valence-corrected chi connectivity index (χ2v) is 6.52. The highest BCUT2D eigenvalue weighted by atomic mass is 127. The summed E-state index contributed by atoms with van der Waals surface area (Å²) in [7, 11) is -3.25. The summed E-state index contributed by atoms with van der Waals surface area (Å²) in [5.74, 6) is 0.274. The highest BCUT2D eigenvalue weighted by molar-refractivity contribution is 14.0. The van der Waals surface area contributed by atoms with Crippen LogP contribution in [0.4, 0.5) is 0 Å². The van der Waals surface area contributed by atoms with Crippen LogP contribution in [-0.2, 0) is 10.0 Å². The van der Waals surface area contributed by atoms with Crippen molar-refractivity contribution < 1.29 is 8.42 Å². The largest absolute Gasteiger partial charge is 0.370 e. The summed E-state index contributed by atoms with van der Waals surface area (Å²) in [4.78, 5) is 4.07. The van der Waals surface area contributed by atoms with Crippen molar-refractivity contribution in [3.63, 3.8) is 0 Å². The van der Waals surface area contributed by atoms with Crippen molar-refractivity contribution in [2.45, 2.75) is 26.3 Å². The van der Waals surface area contributed by atoms with Crippen molar-refractivity contribution >= 4 is 40.0 Å². The molecule has 0 aliphatic rings. The van der Waals surface area contributed by atoms with Crippen LogP contribution in [0, 0.1) is 0 Å². The Hall–Kier alpha value is -0.350. The summed E-state index contributed by atoms with van der Waals surface area (Å²) in [6, 6.07) is 0.